The second-order valence-corrected chi connectivity index (χ2v) is 8.14. The van der Waals surface area contributed by atoms with Gasteiger partial charge in [-0.3, -0.25) is 0 Å². The lowest BCUT2D eigenvalue weighted by Crippen LogP contribution is -1.98. The molecule has 0 saturated carbocycles. The highest BCUT2D eigenvalue weighted by Gasteiger charge is 2.08. The Morgan fingerprint density at radius 1 is 0.967 bits per heavy atom. The Bertz CT molecular complexity index is 1270. The molecule has 0 aromatic heterocycles. The molecule has 0 aliphatic rings. The third kappa shape index (κ3) is 4.57. The molecule has 0 bridgehead atoms. The van der Waals surface area contributed by atoms with E-state index in [1.165, 1.54) is 10.8 Å². The smallest absolute Gasteiger partial charge is 0.127 e. The molecule has 4 aromatic rings. The largest absolute Gasteiger partial charge is 0.488 e. The number of allylic oxidation sites excluding steroid dienone is 1. The van der Waals surface area contributed by atoms with Crippen molar-refractivity contribution in [3.8, 4) is 11.8 Å². The van der Waals surface area contributed by atoms with Crippen LogP contribution in [0.3, 0.4) is 0 Å². The zero-order chi connectivity index (χ0) is 20.9. The third-order valence-electron chi connectivity index (χ3n) is 4.81. The number of nitriles is 1. The summed E-state index contributed by atoms with van der Waals surface area (Å²) >= 11 is 9.66. The van der Waals surface area contributed by atoms with Crippen LogP contribution in [0.5, 0.6) is 5.75 Å². The van der Waals surface area contributed by atoms with Gasteiger partial charge in [-0.25, -0.2) is 0 Å². The molecule has 2 nitrogen and oxygen atoms in total. The summed E-state index contributed by atoms with van der Waals surface area (Å²) in [6, 6.07) is 29.8. The predicted octanol–water partition coefficient (Wildman–Crippen LogP) is 7.90. The summed E-state index contributed by atoms with van der Waals surface area (Å²) in [5, 5.41) is 12.6. The third-order valence-corrected chi connectivity index (χ3v) is 5.57. The van der Waals surface area contributed by atoms with Gasteiger partial charge in [0.05, 0.1) is 11.6 Å². The maximum Gasteiger partial charge on any atom is 0.127 e. The molecule has 0 aliphatic carbocycles. The molecule has 4 aromatic carbocycles. The maximum absolute atomic E-state index is 9.69. The standard InChI is InChI=1S/C26H17BrClNO/c27-23-10-8-18(9-11-23)22(16-29)14-21-15-24(28)12-13-26(21)30-17-20-6-3-5-19-4-1-2-7-25(19)20/h1-15H,17H2/b22-14+. The molecule has 0 fully saturated rings. The minimum atomic E-state index is 0.421. The topological polar surface area (TPSA) is 33.0 Å². The molecular weight excluding hydrogens is 458 g/mol. The SMILES string of the molecule is N#C/C(=C\c1cc(Cl)ccc1OCc1cccc2ccccc12)c1ccc(Br)cc1. The summed E-state index contributed by atoms with van der Waals surface area (Å²) in [5.74, 6) is 0.678. The maximum atomic E-state index is 9.69. The van der Waals surface area contributed by atoms with E-state index < -0.39 is 0 Å². The van der Waals surface area contributed by atoms with Crippen molar-refractivity contribution in [3.63, 3.8) is 0 Å². The molecule has 146 valence electrons. The van der Waals surface area contributed by atoms with Gasteiger partial charge in [-0.15, -0.1) is 0 Å². The number of fused-ring (bicyclic) bond motifs is 1. The lowest BCUT2D eigenvalue weighted by molar-refractivity contribution is 0.307. The summed E-state index contributed by atoms with van der Waals surface area (Å²) in [7, 11) is 0. The molecule has 0 radical (unpaired) electrons. The summed E-state index contributed by atoms with van der Waals surface area (Å²) in [6.45, 7) is 0.421. The fourth-order valence-electron chi connectivity index (χ4n) is 3.30. The Hall–Kier alpha value is -3.06. The monoisotopic (exact) mass is 473 g/mol. The van der Waals surface area contributed by atoms with E-state index in [1.807, 2.05) is 60.7 Å². The lowest BCUT2D eigenvalue weighted by atomic mass is 10.0. The summed E-state index contributed by atoms with van der Waals surface area (Å²) < 4.78 is 7.13. The Kier molecular flexibility index (Phi) is 6.18. The van der Waals surface area contributed by atoms with Crippen molar-refractivity contribution >= 4 is 50.0 Å². The van der Waals surface area contributed by atoms with Crippen LogP contribution < -0.4 is 4.74 Å². The van der Waals surface area contributed by atoms with E-state index in [0.717, 1.165) is 21.2 Å². The lowest BCUT2D eigenvalue weighted by Gasteiger charge is -2.12. The number of benzene rings is 4. The van der Waals surface area contributed by atoms with Crippen LogP contribution in [0.25, 0.3) is 22.4 Å². The van der Waals surface area contributed by atoms with Gasteiger partial charge in [-0.2, -0.15) is 5.26 Å². The fourth-order valence-corrected chi connectivity index (χ4v) is 3.75. The average Bonchev–Trinajstić information content (AvgIpc) is 2.77. The van der Waals surface area contributed by atoms with Crippen molar-refractivity contribution in [2.45, 2.75) is 6.61 Å². The first-order chi connectivity index (χ1) is 14.6. The molecule has 30 heavy (non-hydrogen) atoms. The van der Waals surface area contributed by atoms with Crippen LogP contribution in [0.1, 0.15) is 16.7 Å². The Morgan fingerprint density at radius 3 is 2.53 bits per heavy atom. The van der Waals surface area contributed by atoms with Gasteiger partial charge in [0.1, 0.15) is 12.4 Å². The number of halogens is 2. The Labute approximate surface area is 189 Å². The first-order valence-electron chi connectivity index (χ1n) is 9.41. The van der Waals surface area contributed by atoms with E-state index in [2.05, 4.69) is 46.3 Å². The molecule has 0 heterocycles. The minimum Gasteiger partial charge on any atom is -0.488 e. The second-order valence-electron chi connectivity index (χ2n) is 6.79. The Balaban J connectivity index is 1.66. The van der Waals surface area contributed by atoms with Crippen molar-refractivity contribution in [1.82, 2.24) is 0 Å². The van der Waals surface area contributed by atoms with Crippen molar-refractivity contribution < 1.29 is 4.74 Å². The van der Waals surface area contributed by atoms with Crippen molar-refractivity contribution in [1.29, 1.82) is 5.26 Å². The van der Waals surface area contributed by atoms with Crippen LogP contribution in [0.4, 0.5) is 0 Å². The molecule has 0 atom stereocenters. The van der Waals surface area contributed by atoms with E-state index in [0.29, 0.717) is 23.0 Å². The van der Waals surface area contributed by atoms with E-state index >= 15 is 0 Å². The van der Waals surface area contributed by atoms with E-state index in [9.17, 15) is 5.26 Å². The molecular formula is C26H17BrClNO. The molecule has 0 spiro atoms. The van der Waals surface area contributed by atoms with E-state index in [1.54, 1.807) is 6.07 Å². The number of hydrogen-bond donors (Lipinski definition) is 0. The highest BCUT2D eigenvalue weighted by molar-refractivity contribution is 9.10. The van der Waals surface area contributed by atoms with Gasteiger partial charge in [-0.1, -0.05) is 82.1 Å². The van der Waals surface area contributed by atoms with Gasteiger partial charge in [-0.05, 0) is 58.3 Å². The highest BCUT2D eigenvalue weighted by Crippen LogP contribution is 2.29. The molecule has 4 rings (SSSR count). The van der Waals surface area contributed by atoms with Crippen LogP contribution in [-0.4, -0.2) is 0 Å². The quantitative estimate of drug-likeness (QED) is 0.217. The first-order valence-corrected chi connectivity index (χ1v) is 10.6. The molecule has 0 unspecified atom stereocenters. The van der Waals surface area contributed by atoms with Crippen molar-refractivity contribution in [2.75, 3.05) is 0 Å². The predicted molar refractivity (Wildman–Crippen MR) is 127 cm³/mol. The van der Waals surface area contributed by atoms with Gasteiger partial charge < -0.3 is 4.74 Å². The molecule has 4 heteroatoms. The zero-order valence-corrected chi connectivity index (χ0v) is 18.3. The van der Waals surface area contributed by atoms with Crippen LogP contribution >= 0.6 is 27.5 Å². The number of nitrogens with zero attached hydrogens (tertiary/aromatic N) is 1. The van der Waals surface area contributed by atoms with Crippen molar-refractivity contribution in [3.05, 3.63) is 111 Å². The highest BCUT2D eigenvalue weighted by atomic mass is 79.9. The average molecular weight is 475 g/mol. The first kappa shape index (κ1) is 20.2. The minimum absolute atomic E-state index is 0.421. The number of hydrogen-bond acceptors (Lipinski definition) is 2. The molecule has 0 N–H and O–H groups in total. The summed E-state index contributed by atoms with van der Waals surface area (Å²) in [5.41, 5.74) is 3.24. The van der Waals surface area contributed by atoms with Gasteiger partial charge >= 0.3 is 0 Å². The van der Waals surface area contributed by atoms with Gasteiger partial charge in [0.15, 0.2) is 0 Å². The molecule has 0 saturated heterocycles. The number of ether oxygens (including phenoxy) is 1. The van der Waals surface area contributed by atoms with Gasteiger partial charge in [0.2, 0.25) is 0 Å². The van der Waals surface area contributed by atoms with Crippen LogP contribution in [0.15, 0.2) is 89.4 Å². The van der Waals surface area contributed by atoms with Gasteiger partial charge in [0.25, 0.3) is 0 Å². The summed E-state index contributed by atoms with van der Waals surface area (Å²) in [4.78, 5) is 0. The van der Waals surface area contributed by atoms with Crippen LogP contribution in [-0.2, 0) is 6.61 Å². The molecule has 0 aliphatic heterocycles. The Morgan fingerprint density at radius 2 is 1.73 bits per heavy atom. The fraction of sp³-hybridized carbons (Fsp3) is 0.0385. The zero-order valence-electron chi connectivity index (χ0n) is 16.0. The second kappa shape index (κ2) is 9.17. The number of rotatable bonds is 5. The van der Waals surface area contributed by atoms with Crippen molar-refractivity contribution in [2.24, 2.45) is 0 Å². The molecule has 0 amide bonds. The van der Waals surface area contributed by atoms with Gasteiger partial charge in [0, 0.05) is 15.1 Å². The summed E-state index contributed by atoms with van der Waals surface area (Å²) in [6.07, 6.45) is 1.81. The van der Waals surface area contributed by atoms with E-state index in [-0.39, 0.29) is 0 Å². The van der Waals surface area contributed by atoms with E-state index in [4.69, 9.17) is 16.3 Å². The normalized spacial score (nSPS) is 11.3. The van der Waals surface area contributed by atoms with Crippen LogP contribution in [0.2, 0.25) is 5.02 Å². The van der Waals surface area contributed by atoms with Crippen LogP contribution in [0, 0.1) is 11.3 Å².